The van der Waals surface area contributed by atoms with Crippen molar-refractivity contribution >= 4 is 28.3 Å². The number of hydrogen-bond donors (Lipinski definition) is 4. The number of carbonyl (C=O) groups excluding carboxylic acids is 2. The largest absolute Gasteiger partial charge is 0.507 e. The van der Waals surface area contributed by atoms with Crippen LogP contribution in [0.4, 0.5) is 13.9 Å². The molecule has 0 radical (unpaired) electrons. The summed E-state index contributed by atoms with van der Waals surface area (Å²) < 4.78 is 26.7. The van der Waals surface area contributed by atoms with Crippen LogP contribution in [0.3, 0.4) is 0 Å². The predicted molar refractivity (Wildman–Crippen MR) is 113 cm³/mol. The van der Waals surface area contributed by atoms with Crippen molar-refractivity contribution in [2.24, 2.45) is 5.73 Å². The van der Waals surface area contributed by atoms with Gasteiger partial charge in [0.1, 0.15) is 17.4 Å². The van der Waals surface area contributed by atoms with Gasteiger partial charge in [-0.25, -0.2) is 13.8 Å². The van der Waals surface area contributed by atoms with Crippen LogP contribution in [0.15, 0.2) is 41.8 Å². The molecule has 0 aliphatic heterocycles. The first-order chi connectivity index (χ1) is 14.7. The van der Waals surface area contributed by atoms with E-state index in [-0.39, 0.29) is 35.0 Å². The third-order valence-electron chi connectivity index (χ3n) is 4.39. The normalized spacial score (nSPS) is 11.7. The number of aromatic nitrogens is 1. The van der Waals surface area contributed by atoms with Gasteiger partial charge >= 0.3 is 0 Å². The number of hydrogen-bond acceptors (Lipinski definition) is 6. The van der Waals surface area contributed by atoms with Crippen molar-refractivity contribution in [2.75, 3.05) is 11.9 Å². The number of aryl methyl sites for hydroxylation is 1. The Balaban J connectivity index is 1.53. The number of carbonyl (C=O) groups is 2. The van der Waals surface area contributed by atoms with Crippen LogP contribution < -0.4 is 16.4 Å². The number of phenolic OH excluding ortho intramolecular Hbond substituents is 1. The molecule has 0 aliphatic rings. The molecule has 2 amide bonds. The lowest BCUT2D eigenvalue weighted by atomic mass is 10.1. The van der Waals surface area contributed by atoms with E-state index >= 15 is 0 Å². The van der Waals surface area contributed by atoms with Crippen LogP contribution in [-0.4, -0.2) is 28.4 Å². The summed E-state index contributed by atoms with van der Waals surface area (Å²) in [4.78, 5) is 28.7. The Morgan fingerprint density at radius 3 is 2.74 bits per heavy atom. The molecule has 2 aromatic carbocycles. The summed E-state index contributed by atoms with van der Waals surface area (Å²) in [7, 11) is 0. The van der Waals surface area contributed by atoms with Gasteiger partial charge in [-0.2, -0.15) is 0 Å². The quantitative estimate of drug-likeness (QED) is 0.445. The highest BCUT2D eigenvalue weighted by molar-refractivity contribution is 7.14. The Morgan fingerprint density at radius 1 is 1.23 bits per heavy atom. The molecule has 1 unspecified atom stereocenters. The van der Waals surface area contributed by atoms with Crippen LogP contribution >= 0.6 is 11.3 Å². The van der Waals surface area contributed by atoms with Crippen molar-refractivity contribution in [3.05, 3.63) is 75.8 Å². The summed E-state index contributed by atoms with van der Waals surface area (Å²) in [6, 6.07) is 6.91. The summed E-state index contributed by atoms with van der Waals surface area (Å²) in [6.07, 6.45) is -0.0688. The lowest BCUT2D eigenvalue weighted by Gasteiger charge is -2.14. The van der Waals surface area contributed by atoms with Crippen LogP contribution in [0.25, 0.3) is 0 Å². The summed E-state index contributed by atoms with van der Waals surface area (Å²) in [5.74, 6) is -2.53. The number of nitrogens with one attached hydrogen (secondary N) is 2. The zero-order valence-corrected chi connectivity index (χ0v) is 17.3. The molecule has 1 aromatic heterocycles. The molecule has 1 heterocycles. The fourth-order valence-corrected chi connectivity index (χ4v) is 3.51. The van der Waals surface area contributed by atoms with Gasteiger partial charge in [0.05, 0.1) is 23.7 Å². The minimum Gasteiger partial charge on any atom is -0.507 e. The van der Waals surface area contributed by atoms with Crippen molar-refractivity contribution in [3.63, 3.8) is 0 Å². The Kier molecular flexibility index (Phi) is 6.93. The van der Waals surface area contributed by atoms with E-state index in [4.69, 9.17) is 5.73 Å². The molecule has 0 bridgehead atoms. The first-order valence-corrected chi connectivity index (χ1v) is 10.1. The number of phenols is 1. The number of nitrogens with two attached hydrogens (primary N) is 1. The molecule has 1 atom stereocenters. The highest BCUT2D eigenvalue weighted by atomic mass is 32.1. The molecule has 5 N–H and O–H groups in total. The number of halogens is 2. The highest BCUT2D eigenvalue weighted by Gasteiger charge is 2.16. The molecule has 3 aromatic rings. The first-order valence-electron chi connectivity index (χ1n) is 9.25. The fourth-order valence-electron chi connectivity index (χ4n) is 2.80. The number of amides is 2. The van der Waals surface area contributed by atoms with Crippen LogP contribution in [0.5, 0.6) is 5.75 Å². The lowest BCUT2D eigenvalue weighted by molar-refractivity contribution is -0.120. The van der Waals surface area contributed by atoms with Crippen LogP contribution in [-0.2, 0) is 11.2 Å². The SMILES string of the molecule is Cc1ccc(O)c(C(=O)Nc2nc(CC(=O)NCC(N)c3ccc(F)cc3F)cs2)c1. The van der Waals surface area contributed by atoms with E-state index in [1.807, 2.05) is 0 Å². The summed E-state index contributed by atoms with van der Waals surface area (Å²) in [6.45, 7) is 1.76. The van der Waals surface area contributed by atoms with Gasteiger partial charge in [0.25, 0.3) is 5.91 Å². The van der Waals surface area contributed by atoms with E-state index < -0.39 is 29.5 Å². The van der Waals surface area contributed by atoms with Gasteiger partial charge in [-0.15, -0.1) is 11.3 Å². The van der Waals surface area contributed by atoms with Crippen LogP contribution in [0, 0.1) is 18.6 Å². The van der Waals surface area contributed by atoms with E-state index in [0.717, 1.165) is 29.0 Å². The molecule has 3 rings (SSSR count). The predicted octanol–water partition coefficient (Wildman–Crippen LogP) is 3.05. The molecule has 7 nitrogen and oxygen atoms in total. The van der Waals surface area contributed by atoms with Gasteiger partial charge in [-0.05, 0) is 25.1 Å². The standard InChI is InChI=1S/C21H20F2N4O3S/c1-11-2-5-18(28)15(6-11)20(30)27-21-26-13(10-31-21)8-19(29)25-9-17(24)14-4-3-12(22)7-16(14)23/h2-7,10,17,28H,8-9,24H2,1H3,(H,25,29)(H,26,27,30). The number of thiazole rings is 1. The van der Waals surface area contributed by atoms with Crippen molar-refractivity contribution in [1.29, 1.82) is 0 Å². The van der Waals surface area contributed by atoms with Gasteiger partial charge < -0.3 is 16.2 Å². The molecule has 10 heteroatoms. The molecule has 31 heavy (non-hydrogen) atoms. The van der Waals surface area contributed by atoms with Crippen LogP contribution in [0.2, 0.25) is 0 Å². The smallest absolute Gasteiger partial charge is 0.261 e. The molecule has 162 valence electrons. The Bertz CT molecular complexity index is 1120. The summed E-state index contributed by atoms with van der Waals surface area (Å²) in [5.41, 5.74) is 7.33. The third kappa shape index (κ3) is 5.83. The Labute approximate surface area is 180 Å². The minimum absolute atomic E-state index is 0.0399. The van der Waals surface area contributed by atoms with E-state index in [1.54, 1.807) is 24.4 Å². The van der Waals surface area contributed by atoms with E-state index in [2.05, 4.69) is 15.6 Å². The fraction of sp³-hybridized carbons (Fsp3) is 0.190. The molecule has 0 fully saturated rings. The van der Waals surface area contributed by atoms with Crippen molar-refractivity contribution in [2.45, 2.75) is 19.4 Å². The van der Waals surface area contributed by atoms with Gasteiger partial charge in [0.15, 0.2) is 5.13 Å². The third-order valence-corrected chi connectivity index (χ3v) is 5.20. The van der Waals surface area contributed by atoms with Crippen LogP contribution in [0.1, 0.15) is 33.2 Å². The summed E-state index contributed by atoms with van der Waals surface area (Å²) >= 11 is 1.13. The van der Waals surface area contributed by atoms with Crippen molar-refractivity contribution < 1.29 is 23.5 Å². The number of nitrogens with zero attached hydrogens (tertiary/aromatic N) is 1. The second kappa shape index (κ2) is 9.63. The Morgan fingerprint density at radius 2 is 2.00 bits per heavy atom. The van der Waals surface area contributed by atoms with E-state index in [0.29, 0.717) is 5.69 Å². The Hall–Kier alpha value is -3.37. The highest BCUT2D eigenvalue weighted by Crippen LogP contribution is 2.22. The van der Waals surface area contributed by atoms with Crippen molar-refractivity contribution in [1.82, 2.24) is 10.3 Å². The minimum atomic E-state index is -0.836. The molecule has 0 saturated carbocycles. The number of anilines is 1. The first kappa shape index (κ1) is 22.3. The van der Waals surface area contributed by atoms with Gasteiger partial charge in [0, 0.05) is 23.6 Å². The monoisotopic (exact) mass is 446 g/mol. The van der Waals surface area contributed by atoms with E-state index in [1.165, 1.54) is 12.1 Å². The van der Waals surface area contributed by atoms with Crippen molar-refractivity contribution in [3.8, 4) is 5.75 Å². The topological polar surface area (TPSA) is 117 Å². The number of aromatic hydroxyl groups is 1. The number of rotatable bonds is 7. The van der Waals surface area contributed by atoms with Gasteiger partial charge in [0.2, 0.25) is 5.91 Å². The molecule has 0 spiro atoms. The average molecular weight is 446 g/mol. The zero-order chi connectivity index (χ0) is 22.5. The average Bonchev–Trinajstić information content (AvgIpc) is 3.14. The number of benzene rings is 2. The zero-order valence-electron chi connectivity index (χ0n) is 16.5. The second-order valence-electron chi connectivity index (χ2n) is 6.87. The van der Waals surface area contributed by atoms with Gasteiger partial charge in [-0.1, -0.05) is 17.7 Å². The maximum atomic E-state index is 13.8. The summed E-state index contributed by atoms with van der Waals surface area (Å²) in [5, 5.41) is 16.9. The molecule has 0 saturated heterocycles. The second-order valence-corrected chi connectivity index (χ2v) is 7.73. The maximum Gasteiger partial charge on any atom is 0.261 e. The molecular weight excluding hydrogens is 426 g/mol. The molecule has 0 aliphatic carbocycles. The van der Waals surface area contributed by atoms with Gasteiger partial charge in [-0.3, -0.25) is 14.9 Å². The van der Waals surface area contributed by atoms with E-state index in [9.17, 15) is 23.5 Å². The maximum absolute atomic E-state index is 13.8. The lowest BCUT2D eigenvalue weighted by Crippen LogP contribution is -2.33. The molecular formula is C21H20F2N4O3S.